The Hall–Kier alpha value is -1.03. The lowest BCUT2D eigenvalue weighted by molar-refractivity contribution is -0.136. The summed E-state index contributed by atoms with van der Waals surface area (Å²) in [5.74, 6) is 0.352. The SMILES string of the molecule is CC(C)c1nc(Cl)c(CCC(=O)O)n1C. The monoisotopic (exact) mass is 230 g/mol. The van der Waals surface area contributed by atoms with Crippen LogP contribution in [0.5, 0.6) is 0 Å². The molecular formula is C10H15ClN2O2. The van der Waals surface area contributed by atoms with Gasteiger partial charge in [0, 0.05) is 19.4 Å². The van der Waals surface area contributed by atoms with Gasteiger partial charge in [-0.2, -0.15) is 0 Å². The normalized spacial score (nSPS) is 11.0. The van der Waals surface area contributed by atoms with Gasteiger partial charge in [0.15, 0.2) is 5.15 Å². The highest BCUT2D eigenvalue weighted by Crippen LogP contribution is 2.22. The van der Waals surface area contributed by atoms with Gasteiger partial charge >= 0.3 is 5.97 Å². The van der Waals surface area contributed by atoms with Crippen molar-refractivity contribution in [3.05, 3.63) is 16.7 Å². The van der Waals surface area contributed by atoms with Gasteiger partial charge in [-0.25, -0.2) is 4.98 Å². The molecule has 1 heterocycles. The molecule has 15 heavy (non-hydrogen) atoms. The van der Waals surface area contributed by atoms with Gasteiger partial charge in [0.1, 0.15) is 5.82 Å². The third-order valence-corrected chi connectivity index (χ3v) is 2.59. The molecule has 0 fully saturated rings. The number of nitrogens with zero attached hydrogens (tertiary/aromatic N) is 2. The summed E-state index contributed by atoms with van der Waals surface area (Å²) in [6.45, 7) is 4.05. The van der Waals surface area contributed by atoms with Crippen LogP contribution in [0.2, 0.25) is 5.15 Å². The Balaban J connectivity index is 2.92. The second kappa shape index (κ2) is 4.66. The van der Waals surface area contributed by atoms with Crippen LogP contribution < -0.4 is 0 Å². The van der Waals surface area contributed by atoms with Gasteiger partial charge in [-0.1, -0.05) is 25.4 Å². The Bertz CT molecular complexity index is 372. The Morgan fingerprint density at radius 1 is 1.60 bits per heavy atom. The quantitative estimate of drug-likeness (QED) is 0.863. The predicted octanol–water partition coefficient (Wildman–Crippen LogP) is 2.21. The summed E-state index contributed by atoms with van der Waals surface area (Å²) in [6, 6.07) is 0. The van der Waals surface area contributed by atoms with Crippen LogP contribution in [0.15, 0.2) is 0 Å². The number of aromatic nitrogens is 2. The Kier molecular flexibility index (Phi) is 3.74. The van der Waals surface area contributed by atoms with E-state index in [-0.39, 0.29) is 12.3 Å². The van der Waals surface area contributed by atoms with E-state index in [4.69, 9.17) is 16.7 Å². The standard InChI is InChI=1S/C10H15ClN2O2/c1-6(2)10-12-9(11)7(13(10)3)4-5-8(14)15/h6H,4-5H2,1-3H3,(H,14,15). The van der Waals surface area contributed by atoms with Crippen LogP contribution in [-0.2, 0) is 18.3 Å². The third kappa shape index (κ3) is 2.72. The Morgan fingerprint density at radius 2 is 2.20 bits per heavy atom. The van der Waals surface area contributed by atoms with E-state index in [0.29, 0.717) is 11.6 Å². The molecule has 4 nitrogen and oxygen atoms in total. The van der Waals surface area contributed by atoms with Crippen molar-refractivity contribution in [2.45, 2.75) is 32.6 Å². The van der Waals surface area contributed by atoms with Crippen molar-refractivity contribution in [3.63, 3.8) is 0 Å². The molecule has 1 aromatic heterocycles. The van der Waals surface area contributed by atoms with Crippen molar-refractivity contribution in [3.8, 4) is 0 Å². The largest absolute Gasteiger partial charge is 0.481 e. The summed E-state index contributed by atoms with van der Waals surface area (Å²) in [7, 11) is 1.87. The van der Waals surface area contributed by atoms with Crippen LogP contribution in [0.4, 0.5) is 0 Å². The van der Waals surface area contributed by atoms with Gasteiger partial charge in [0.05, 0.1) is 12.1 Å². The summed E-state index contributed by atoms with van der Waals surface area (Å²) in [4.78, 5) is 14.7. The molecule has 0 unspecified atom stereocenters. The second-order valence-electron chi connectivity index (χ2n) is 3.81. The highest BCUT2D eigenvalue weighted by atomic mass is 35.5. The molecule has 1 aromatic rings. The van der Waals surface area contributed by atoms with E-state index < -0.39 is 5.97 Å². The van der Waals surface area contributed by atoms with Gasteiger partial charge in [-0.15, -0.1) is 0 Å². The van der Waals surface area contributed by atoms with E-state index in [1.54, 1.807) is 0 Å². The lowest BCUT2D eigenvalue weighted by Gasteiger charge is -2.07. The summed E-state index contributed by atoms with van der Waals surface area (Å²) >= 11 is 5.95. The lowest BCUT2D eigenvalue weighted by Crippen LogP contribution is -2.05. The summed E-state index contributed by atoms with van der Waals surface area (Å²) < 4.78 is 1.88. The topological polar surface area (TPSA) is 55.1 Å². The maximum absolute atomic E-state index is 10.5. The van der Waals surface area contributed by atoms with Crippen LogP contribution in [0, 0.1) is 0 Å². The van der Waals surface area contributed by atoms with Crippen molar-refractivity contribution in [2.75, 3.05) is 0 Å². The molecule has 0 aliphatic heterocycles. The molecule has 5 heteroatoms. The smallest absolute Gasteiger partial charge is 0.303 e. The number of aliphatic carboxylic acids is 1. The Morgan fingerprint density at radius 3 is 2.60 bits per heavy atom. The number of carbonyl (C=O) groups is 1. The zero-order chi connectivity index (χ0) is 11.6. The first kappa shape index (κ1) is 12.0. The molecule has 0 atom stereocenters. The molecule has 0 radical (unpaired) electrons. The summed E-state index contributed by atoms with van der Waals surface area (Å²) in [5, 5.41) is 9.02. The van der Waals surface area contributed by atoms with Gasteiger partial charge in [-0.05, 0) is 0 Å². The second-order valence-corrected chi connectivity index (χ2v) is 4.17. The fraction of sp³-hybridized carbons (Fsp3) is 0.600. The number of rotatable bonds is 4. The van der Waals surface area contributed by atoms with Gasteiger partial charge in [0.2, 0.25) is 0 Å². The fourth-order valence-electron chi connectivity index (χ4n) is 1.53. The van der Waals surface area contributed by atoms with E-state index in [2.05, 4.69) is 4.98 Å². The lowest BCUT2D eigenvalue weighted by atomic mass is 10.2. The average molecular weight is 231 g/mol. The van der Waals surface area contributed by atoms with E-state index in [9.17, 15) is 4.79 Å². The first-order valence-corrected chi connectivity index (χ1v) is 5.24. The zero-order valence-electron chi connectivity index (χ0n) is 9.12. The minimum absolute atomic E-state index is 0.0801. The molecule has 0 saturated carbocycles. The zero-order valence-corrected chi connectivity index (χ0v) is 9.88. The summed E-state index contributed by atoms with van der Waals surface area (Å²) in [5.41, 5.74) is 0.794. The fourth-order valence-corrected chi connectivity index (χ4v) is 1.84. The van der Waals surface area contributed by atoms with Crippen LogP contribution in [0.25, 0.3) is 0 Å². The van der Waals surface area contributed by atoms with Gasteiger partial charge in [0.25, 0.3) is 0 Å². The van der Waals surface area contributed by atoms with Crippen molar-refractivity contribution < 1.29 is 9.90 Å². The van der Waals surface area contributed by atoms with Crippen molar-refractivity contribution in [2.24, 2.45) is 7.05 Å². The predicted molar refractivity (Wildman–Crippen MR) is 58.3 cm³/mol. The van der Waals surface area contributed by atoms with E-state index in [1.165, 1.54) is 0 Å². The number of halogens is 1. The van der Waals surface area contributed by atoms with Crippen LogP contribution in [0.1, 0.15) is 37.7 Å². The van der Waals surface area contributed by atoms with Crippen LogP contribution in [-0.4, -0.2) is 20.6 Å². The van der Waals surface area contributed by atoms with E-state index in [0.717, 1.165) is 11.5 Å². The molecule has 0 spiro atoms. The number of imidazole rings is 1. The summed E-state index contributed by atoms with van der Waals surface area (Å²) in [6.07, 6.45) is 0.501. The number of hydrogen-bond donors (Lipinski definition) is 1. The number of carboxylic acid groups (broad SMARTS) is 1. The maximum Gasteiger partial charge on any atom is 0.303 e. The first-order valence-electron chi connectivity index (χ1n) is 4.86. The molecule has 1 rings (SSSR count). The minimum atomic E-state index is -0.821. The minimum Gasteiger partial charge on any atom is -0.481 e. The molecule has 0 aliphatic rings. The highest BCUT2D eigenvalue weighted by molar-refractivity contribution is 6.30. The average Bonchev–Trinajstić information content (AvgIpc) is 2.39. The molecular weight excluding hydrogens is 216 g/mol. The molecule has 0 bridgehead atoms. The third-order valence-electron chi connectivity index (χ3n) is 2.29. The molecule has 0 saturated heterocycles. The number of carboxylic acids is 1. The van der Waals surface area contributed by atoms with E-state index >= 15 is 0 Å². The van der Waals surface area contributed by atoms with Gasteiger partial charge < -0.3 is 9.67 Å². The van der Waals surface area contributed by atoms with Crippen molar-refractivity contribution in [1.82, 2.24) is 9.55 Å². The maximum atomic E-state index is 10.5. The molecule has 0 amide bonds. The molecule has 0 aromatic carbocycles. The number of hydrogen-bond acceptors (Lipinski definition) is 2. The first-order chi connectivity index (χ1) is 6.93. The van der Waals surface area contributed by atoms with Crippen molar-refractivity contribution in [1.29, 1.82) is 0 Å². The molecule has 84 valence electrons. The molecule has 1 N–H and O–H groups in total. The van der Waals surface area contributed by atoms with Crippen LogP contribution >= 0.6 is 11.6 Å². The van der Waals surface area contributed by atoms with E-state index in [1.807, 2.05) is 25.5 Å². The van der Waals surface area contributed by atoms with Crippen molar-refractivity contribution >= 4 is 17.6 Å². The van der Waals surface area contributed by atoms with Gasteiger partial charge in [-0.3, -0.25) is 4.79 Å². The van der Waals surface area contributed by atoms with Crippen LogP contribution in [0.3, 0.4) is 0 Å². The highest BCUT2D eigenvalue weighted by Gasteiger charge is 2.15. The molecule has 0 aliphatic carbocycles. The Labute approximate surface area is 93.9 Å².